The molecule has 2 unspecified atom stereocenters. The van der Waals surface area contributed by atoms with Gasteiger partial charge < -0.3 is 15.4 Å². The van der Waals surface area contributed by atoms with Gasteiger partial charge in [0, 0.05) is 10.9 Å². The summed E-state index contributed by atoms with van der Waals surface area (Å²) in [5.74, 6) is 1.59. The molecule has 0 bridgehead atoms. The minimum absolute atomic E-state index is 0.0386. The molecule has 21 heavy (non-hydrogen) atoms. The Balaban J connectivity index is 1.62. The normalized spacial score (nSPS) is 19.2. The summed E-state index contributed by atoms with van der Waals surface area (Å²) < 4.78 is 6.78. The highest BCUT2D eigenvalue weighted by molar-refractivity contribution is 9.10. The molecule has 116 valence electrons. The van der Waals surface area contributed by atoms with Crippen molar-refractivity contribution < 1.29 is 9.53 Å². The van der Waals surface area contributed by atoms with Gasteiger partial charge in [-0.25, -0.2) is 0 Å². The maximum atomic E-state index is 11.8. The van der Waals surface area contributed by atoms with Gasteiger partial charge in [-0.15, -0.1) is 0 Å². The van der Waals surface area contributed by atoms with Crippen molar-refractivity contribution in [2.24, 2.45) is 5.92 Å². The van der Waals surface area contributed by atoms with Crippen LogP contribution >= 0.6 is 15.9 Å². The molecule has 0 saturated carbocycles. The van der Waals surface area contributed by atoms with E-state index in [9.17, 15) is 4.79 Å². The van der Waals surface area contributed by atoms with E-state index < -0.39 is 0 Å². The quantitative estimate of drug-likeness (QED) is 0.791. The number of halogens is 1. The van der Waals surface area contributed by atoms with Crippen LogP contribution in [-0.4, -0.2) is 31.6 Å². The van der Waals surface area contributed by atoms with E-state index in [4.69, 9.17) is 4.74 Å². The fraction of sp³-hybridized carbons (Fsp3) is 0.562. The van der Waals surface area contributed by atoms with E-state index in [0.717, 1.165) is 29.7 Å². The monoisotopic (exact) mass is 354 g/mol. The van der Waals surface area contributed by atoms with E-state index in [1.54, 1.807) is 0 Å². The molecule has 0 aliphatic carbocycles. The average Bonchev–Trinajstić information content (AvgIpc) is 2.99. The smallest absolute Gasteiger partial charge is 0.220 e. The van der Waals surface area contributed by atoms with E-state index in [1.165, 1.54) is 6.42 Å². The zero-order chi connectivity index (χ0) is 15.1. The fourth-order valence-corrected chi connectivity index (χ4v) is 2.69. The highest BCUT2D eigenvalue weighted by atomic mass is 79.9. The van der Waals surface area contributed by atoms with Crippen molar-refractivity contribution in [1.29, 1.82) is 0 Å². The van der Waals surface area contributed by atoms with E-state index in [1.807, 2.05) is 31.2 Å². The number of hydrogen-bond acceptors (Lipinski definition) is 3. The minimum atomic E-state index is -0.0386. The third-order valence-corrected chi connectivity index (χ3v) is 4.21. The van der Waals surface area contributed by atoms with Crippen molar-refractivity contribution in [2.75, 3.05) is 19.6 Å². The highest BCUT2D eigenvalue weighted by Crippen LogP contribution is 2.17. The molecule has 2 N–H and O–H groups in total. The first kappa shape index (κ1) is 16.3. The van der Waals surface area contributed by atoms with E-state index in [0.29, 0.717) is 18.9 Å². The maximum absolute atomic E-state index is 11.8. The molecule has 4 nitrogen and oxygen atoms in total. The second kappa shape index (κ2) is 8.39. The molecule has 5 heteroatoms. The Morgan fingerprint density at radius 2 is 2.24 bits per heavy atom. The Labute approximate surface area is 134 Å². The topological polar surface area (TPSA) is 50.4 Å². The lowest BCUT2D eigenvalue weighted by molar-refractivity contribution is -0.121. The Kier molecular flexibility index (Phi) is 6.51. The number of carbonyl (C=O) groups excluding carboxylic acids is 1. The number of rotatable bonds is 7. The summed E-state index contributed by atoms with van der Waals surface area (Å²) in [6.07, 6.45) is 2.73. The standard InChI is InChI=1S/C16H23BrN2O2/c1-12(21-15-5-3-14(17)4-6-15)10-19-16(20)7-2-13-8-9-18-11-13/h3-6,12-13,18H,2,7-11H2,1H3,(H,19,20). The number of nitrogens with one attached hydrogen (secondary N) is 2. The van der Waals surface area contributed by atoms with Gasteiger partial charge in [-0.2, -0.15) is 0 Å². The van der Waals surface area contributed by atoms with Crippen molar-refractivity contribution in [2.45, 2.75) is 32.3 Å². The van der Waals surface area contributed by atoms with Crippen LogP contribution in [0.5, 0.6) is 5.75 Å². The van der Waals surface area contributed by atoms with Crippen LogP contribution in [0.25, 0.3) is 0 Å². The van der Waals surface area contributed by atoms with Crippen LogP contribution < -0.4 is 15.4 Å². The largest absolute Gasteiger partial charge is 0.489 e. The van der Waals surface area contributed by atoms with Gasteiger partial charge in [0.25, 0.3) is 0 Å². The SMILES string of the molecule is CC(CNC(=O)CCC1CCNC1)Oc1ccc(Br)cc1. The van der Waals surface area contributed by atoms with Gasteiger partial charge in [0.05, 0.1) is 6.54 Å². The summed E-state index contributed by atoms with van der Waals surface area (Å²) >= 11 is 3.39. The van der Waals surface area contributed by atoms with E-state index in [-0.39, 0.29) is 12.0 Å². The fourth-order valence-electron chi connectivity index (χ4n) is 2.43. The molecular weight excluding hydrogens is 332 g/mol. The third-order valence-electron chi connectivity index (χ3n) is 3.68. The molecule has 0 aromatic heterocycles. The molecule has 2 rings (SSSR count). The van der Waals surface area contributed by atoms with Crippen molar-refractivity contribution in [3.05, 3.63) is 28.7 Å². The van der Waals surface area contributed by atoms with Gasteiger partial charge in [-0.05, 0) is 63.0 Å². The van der Waals surface area contributed by atoms with Gasteiger partial charge in [0.15, 0.2) is 0 Å². The van der Waals surface area contributed by atoms with E-state index >= 15 is 0 Å². The summed E-state index contributed by atoms with van der Waals surface area (Å²) in [5, 5.41) is 6.27. The molecule has 0 spiro atoms. The first-order valence-electron chi connectivity index (χ1n) is 7.53. The van der Waals surface area contributed by atoms with Crippen LogP contribution in [0, 0.1) is 5.92 Å². The summed E-state index contributed by atoms with van der Waals surface area (Å²) in [7, 11) is 0. The number of ether oxygens (including phenoxy) is 1. The molecule has 1 fully saturated rings. The van der Waals surface area contributed by atoms with E-state index in [2.05, 4.69) is 26.6 Å². The Morgan fingerprint density at radius 3 is 2.90 bits per heavy atom. The minimum Gasteiger partial charge on any atom is -0.489 e. The predicted molar refractivity (Wildman–Crippen MR) is 87.5 cm³/mol. The van der Waals surface area contributed by atoms with Crippen LogP contribution in [0.2, 0.25) is 0 Å². The number of benzene rings is 1. The van der Waals surface area contributed by atoms with Crippen LogP contribution in [-0.2, 0) is 4.79 Å². The summed E-state index contributed by atoms with van der Waals surface area (Å²) in [6.45, 7) is 4.64. The summed E-state index contributed by atoms with van der Waals surface area (Å²) in [4.78, 5) is 11.8. The van der Waals surface area contributed by atoms with Crippen LogP contribution in [0.4, 0.5) is 0 Å². The molecule has 2 atom stereocenters. The van der Waals surface area contributed by atoms with Crippen molar-refractivity contribution in [3.63, 3.8) is 0 Å². The lowest BCUT2D eigenvalue weighted by atomic mass is 10.0. The lowest BCUT2D eigenvalue weighted by Gasteiger charge is -2.16. The zero-order valence-electron chi connectivity index (χ0n) is 12.4. The molecular formula is C16H23BrN2O2. The van der Waals surface area contributed by atoms with Crippen molar-refractivity contribution in [3.8, 4) is 5.75 Å². The lowest BCUT2D eigenvalue weighted by Crippen LogP contribution is -2.33. The second-order valence-electron chi connectivity index (χ2n) is 5.58. The van der Waals surface area contributed by atoms with Crippen molar-refractivity contribution in [1.82, 2.24) is 10.6 Å². The molecule has 1 aliphatic heterocycles. The van der Waals surface area contributed by atoms with Crippen LogP contribution in [0.3, 0.4) is 0 Å². The Bertz CT molecular complexity index is 444. The number of amides is 1. The van der Waals surface area contributed by atoms with Crippen LogP contribution in [0.15, 0.2) is 28.7 Å². The van der Waals surface area contributed by atoms with Gasteiger partial charge >= 0.3 is 0 Å². The molecule has 1 aromatic carbocycles. The summed E-state index contributed by atoms with van der Waals surface area (Å²) in [6, 6.07) is 7.71. The highest BCUT2D eigenvalue weighted by Gasteiger charge is 2.15. The number of hydrogen-bond donors (Lipinski definition) is 2. The van der Waals surface area contributed by atoms with Gasteiger partial charge in [0.2, 0.25) is 5.91 Å². The second-order valence-corrected chi connectivity index (χ2v) is 6.50. The Morgan fingerprint density at radius 1 is 1.48 bits per heavy atom. The molecule has 1 aromatic rings. The van der Waals surface area contributed by atoms with Crippen molar-refractivity contribution >= 4 is 21.8 Å². The predicted octanol–water partition coefficient (Wildman–Crippen LogP) is 2.72. The molecule has 1 heterocycles. The molecule has 1 aliphatic rings. The van der Waals surface area contributed by atoms with Gasteiger partial charge in [-0.3, -0.25) is 4.79 Å². The van der Waals surface area contributed by atoms with Gasteiger partial charge in [0.1, 0.15) is 11.9 Å². The molecule has 1 saturated heterocycles. The summed E-state index contributed by atoms with van der Waals surface area (Å²) in [5.41, 5.74) is 0. The third kappa shape index (κ3) is 6.06. The first-order valence-corrected chi connectivity index (χ1v) is 8.32. The molecule has 0 radical (unpaired) electrons. The van der Waals surface area contributed by atoms with Gasteiger partial charge in [-0.1, -0.05) is 15.9 Å². The average molecular weight is 355 g/mol. The first-order chi connectivity index (χ1) is 10.1. The zero-order valence-corrected chi connectivity index (χ0v) is 14.0. The Hall–Kier alpha value is -1.07. The molecule has 1 amide bonds. The number of carbonyl (C=O) groups is 1. The maximum Gasteiger partial charge on any atom is 0.220 e. The van der Waals surface area contributed by atoms with Crippen LogP contribution in [0.1, 0.15) is 26.2 Å².